The first-order valence-electron chi connectivity index (χ1n) is 8.34. The number of nitrogens with zero attached hydrogens (tertiary/aromatic N) is 1. The number of aliphatic imine (C=N–C) groups is 1. The van der Waals surface area contributed by atoms with Gasteiger partial charge in [-0.15, -0.1) is 0 Å². The van der Waals surface area contributed by atoms with Gasteiger partial charge < -0.3 is 0 Å². The van der Waals surface area contributed by atoms with Crippen LogP contribution in [0.3, 0.4) is 0 Å². The van der Waals surface area contributed by atoms with Crippen LogP contribution in [0.25, 0.3) is 0 Å². The maximum Gasteiger partial charge on any atom is 0.269 e. The second-order valence-electron chi connectivity index (χ2n) is 8.01. The van der Waals surface area contributed by atoms with Crippen LogP contribution < -0.4 is 0 Å². The van der Waals surface area contributed by atoms with E-state index in [1.54, 1.807) is 6.08 Å². The lowest BCUT2D eigenvalue weighted by Gasteiger charge is -2.55. The molecule has 4 aliphatic rings. The van der Waals surface area contributed by atoms with Gasteiger partial charge in [0.25, 0.3) is 5.91 Å². The molecule has 1 amide bonds. The molecule has 0 radical (unpaired) electrons. The summed E-state index contributed by atoms with van der Waals surface area (Å²) in [7, 11) is 0. The number of allylic oxidation sites excluding steroid dienone is 1. The van der Waals surface area contributed by atoms with Crippen LogP contribution in [-0.2, 0) is 4.79 Å². The molecule has 0 aromatic heterocycles. The number of carbonyl (C=O) groups excluding carboxylic acids is 1. The largest absolute Gasteiger partial charge is 0.269 e. The number of carbonyl (C=O) groups is 1. The Kier molecular flexibility index (Phi) is 2.59. The number of dihydropyridines is 1. The molecule has 0 spiro atoms. The van der Waals surface area contributed by atoms with E-state index in [2.05, 4.69) is 24.9 Å². The van der Waals surface area contributed by atoms with E-state index in [1.165, 1.54) is 44.2 Å². The van der Waals surface area contributed by atoms with Crippen LogP contribution in [0.15, 0.2) is 17.1 Å². The maximum atomic E-state index is 11.6. The van der Waals surface area contributed by atoms with Gasteiger partial charge in [-0.1, -0.05) is 26.3 Å². The number of amides is 1. The molecule has 0 aromatic rings. The lowest BCUT2D eigenvalue weighted by atomic mass is 9.49. The van der Waals surface area contributed by atoms with Gasteiger partial charge in [0.1, 0.15) is 0 Å². The molecule has 2 heteroatoms. The van der Waals surface area contributed by atoms with E-state index in [0.29, 0.717) is 5.41 Å². The molecule has 3 fully saturated rings. The second-order valence-corrected chi connectivity index (χ2v) is 8.01. The summed E-state index contributed by atoms with van der Waals surface area (Å²) in [5, 5.41) is 0. The predicted octanol–water partition coefficient (Wildman–Crippen LogP) is 4.16. The molecule has 4 rings (SSSR count). The number of fused-ring (bicyclic) bond motifs is 5. The monoisotopic (exact) mass is 271 g/mol. The molecule has 2 nitrogen and oxygen atoms in total. The molecule has 0 N–H and O–H groups in total. The molecule has 0 bridgehead atoms. The fraction of sp³-hybridized carbons (Fsp3) is 0.778. The summed E-state index contributed by atoms with van der Waals surface area (Å²) in [4.78, 5) is 15.9. The Balaban J connectivity index is 1.71. The Morgan fingerprint density at radius 3 is 2.85 bits per heavy atom. The molecule has 1 aliphatic heterocycles. The van der Waals surface area contributed by atoms with E-state index in [0.717, 1.165) is 24.2 Å². The molecule has 3 saturated carbocycles. The van der Waals surface area contributed by atoms with Gasteiger partial charge in [-0.05, 0) is 61.7 Å². The third-order valence-electron chi connectivity index (χ3n) is 7.14. The van der Waals surface area contributed by atoms with Crippen molar-refractivity contribution in [2.24, 2.45) is 33.6 Å². The van der Waals surface area contributed by atoms with E-state index >= 15 is 0 Å². The summed E-state index contributed by atoms with van der Waals surface area (Å²) in [6.45, 7) is 4.87. The SMILES string of the molecule is C[C@@]12CCC[C@H]1[C@@H]1CCC3=NC(=O)C=C[C@]3(C)[C@H]1CC2. The minimum atomic E-state index is -0.0440. The molecule has 0 unspecified atom stereocenters. The van der Waals surface area contributed by atoms with Gasteiger partial charge in [0, 0.05) is 17.2 Å². The van der Waals surface area contributed by atoms with Crippen LogP contribution >= 0.6 is 0 Å². The van der Waals surface area contributed by atoms with Crippen LogP contribution in [0.5, 0.6) is 0 Å². The van der Waals surface area contributed by atoms with Crippen molar-refractivity contribution in [1.29, 1.82) is 0 Å². The highest BCUT2D eigenvalue weighted by Crippen LogP contribution is 2.62. The molecule has 5 atom stereocenters. The van der Waals surface area contributed by atoms with E-state index in [4.69, 9.17) is 0 Å². The lowest BCUT2D eigenvalue weighted by molar-refractivity contribution is -0.113. The fourth-order valence-electron chi connectivity index (χ4n) is 6.03. The van der Waals surface area contributed by atoms with E-state index < -0.39 is 0 Å². The Bertz CT molecular complexity index is 520. The van der Waals surface area contributed by atoms with Crippen molar-refractivity contribution in [2.75, 3.05) is 0 Å². The highest BCUT2D eigenvalue weighted by Gasteiger charge is 2.55. The standard InChI is InChI=1S/C18H25NO/c1-17-9-3-4-13(17)12-5-6-15-18(2,14(12)7-10-17)11-8-16(20)19-15/h8,11-14H,3-7,9-10H2,1-2H3/t12-,13-,14-,17-,18+/m0/s1. The van der Waals surface area contributed by atoms with Crippen LogP contribution in [0, 0.1) is 28.6 Å². The van der Waals surface area contributed by atoms with Gasteiger partial charge in [-0.2, -0.15) is 0 Å². The summed E-state index contributed by atoms with van der Waals surface area (Å²) in [6, 6.07) is 0. The molecular formula is C18H25NO. The lowest BCUT2D eigenvalue weighted by Crippen LogP contribution is -2.51. The minimum absolute atomic E-state index is 0.0440. The molecule has 3 aliphatic carbocycles. The average molecular weight is 271 g/mol. The van der Waals surface area contributed by atoms with Crippen molar-refractivity contribution >= 4 is 11.6 Å². The average Bonchev–Trinajstić information content (AvgIpc) is 2.81. The third kappa shape index (κ3) is 1.57. The van der Waals surface area contributed by atoms with E-state index in [-0.39, 0.29) is 11.3 Å². The van der Waals surface area contributed by atoms with Crippen molar-refractivity contribution in [3.63, 3.8) is 0 Å². The second kappa shape index (κ2) is 4.05. The maximum absolute atomic E-state index is 11.6. The summed E-state index contributed by atoms with van der Waals surface area (Å²) < 4.78 is 0. The van der Waals surface area contributed by atoms with Crippen molar-refractivity contribution < 1.29 is 4.79 Å². The predicted molar refractivity (Wildman–Crippen MR) is 80.6 cm³/mol. The Hall–Kier alpha value is -0.920. The first-order valence-corrected chi connectivity index (χ1v) is 8.34. The van der Waals surface area contributed by atoms with Gasteiger partial charge >= 0.3 is 0 Å². The van der Waals surface area contributed by atoms with Crippen molar-refractivity contribution in [3.05, 3.63) is 12.2 Å². The zero-order valence-corrected chi connectivity index (χ0v) is 12.7. The van der Waals surface area contributed by atoms with Gasteiger partial charge in [0.2, 0.25) is 0 Å². The van der Waals surface area contributed by atoms with Gasteiger partial charge in [0.05, 0.1) is 0 Å². The van der Waals surface area contributed by atoms with Crippen molar-refractivity contribution in [3.8, 4) is 0 Å². The smallest absolute Gasteiger partial charge is 0.267 e. The molecular weight excluding hydrogens is 246 g/mol. The van der Waals surface area contributed by atoms with Crippen LogP contribution in [0.4, 0.5) is 0 Å². The molecule has 20 heavy (non-hydrogen) atoms. The Morgan fingerprint density at radius 1 is 1.15 bits per heavy atom. The molecule has 0 aromatic carbocycles. The number of hydrogen-bond acceptors (Lipinski definition) is 1. The van der Waals surface area contributed by atoms with Crippen LogP contribution in [-0.4, -0.2) is 11.6 Å². The van der Waals surface area contributed by atoms with Gasteiger partial charge in [0.15, 0.2) is 0 Å². The zero-order chi connectivity index (χ0) is 14.0. The number of rotatable bonds is 0. The van der Waals surface area contributed by atoms with Gasteiger partial charge in [-0.3, -0.25) is 4.79 Å². The quantitative estimate of drug-likeness (QED) is 0.650. The van der Waals surface area contributed by atoms with Crippen LogP contribution in [0.2, 0.25) is 0 Å². The molecule has 0 saturated heterocycles. The van der Waals surface area contributed by atoms with E-state index in [9.17, 15) is 4.79 Å². The topological polar surface area (TPSA) is 29.4 Å². The number of hydrogen-bond donors (Lipinski definition) is 0. The fourth-order valence-corrected chi connectivity index (χ4v) is 6.03. The van der Waals surface area contributed by atoms with Gasteiger partial charge in [-0.25, -0.2) is 4.99 Å². The summed E-state index contributed by atoms with van der Waals surface area (Å²) >= 11 is 0. The highest BCUT2D eigenvalue weighted by molar-refractivity contribution is 6.07. The summed E-state index contributed by atoms with van der Waals surface area (Å²) in [5.41, 5.74) is 1.86. The first kappa shape index (κ1) is 12.8. The minimum Gasteiger partial charge on any atom is -0.267 e. The first-order chi connectivity index (χ1) is 9.53. The van der Waals surface area contributed by atoms with E-state index in [1.807, 2.05) is 0 Å². The zero-order valence-electron chi connectivity index (χ0n) is 12.7. The van der Waals surface area contributed by atoms with Crippen LogP contribution in [0.1, 0.15) is 58.8 Å². The Labute approximate surface area is 121 Å². The summed E-state index contributed by atoms with van der Waals surface area (Å²) in [6.07, 6.45) is 13.2. The normalized spacial score (nSPS) is 50.2. The van der Waals surface area contributed by atoms with Crippen molar-refractivity contribution in [1.82, 2.24) is 0 Å². The van der Waals surface area contributed by atoms with Crippen molar-refractivity contribution in [2.45, 2.75) is 58.8 Å². The Morgan fingerprint density at radius 2 is 2.00 bits per heavy atom. The summed E-state index contributed by atoms with van der Waals surface area (Å²) in [5.74, 6) is 2.46. The molecule has 108 valence electrons. The third-order valence-corrected chi connectivity index (χ3v) is 7.14. The molecule has 1 heterocycles. The highest BCUT2D eigenvalue weighted by atomic mass is 16.1.